The Balaban J connectivity index is 2.05. The molecule has 4 nitrogen and oxygen atoms in total. The molecule has 0 spiro atoms. The van der Waals surface area contributed by atoms with Gasteiger partial charge in [-0.15, -0.1) is 0 Å². The Labute approximate surface area is 84.8 Å². The minimum absolute atomic E-state index is 0.269. The Morgan fingerprint density at radius 2 is 2.21 bits per heavy atom. The smallest absolute Gasteiger partial charge is 0.303 e. The zero-order valence-corrected chi connectivity index (χ0v) is 8.90. The van der Waals surface area contributed by atoms with E-state index in [9.17, 15) is 4.79 Å². The van der Waals surface area contributed by atoms with Crippen LogP contribution in [0.2, 0.25) is 0 Å². The number of methoxy groups -OCH3 is 1. The summed E-state index contributed by atoms with van der Waals surface area (Å²) in [6, 6.07) is 0.591. The lowest BCUT2D eigenvalue weighted by Gasteiger charge is -2.40. The van der Waals surface area contributed by atoms with Gasteiger partial charge >= 0.3 is 5.97 Å². The van der Waals surface area contributed by atoms with Gasteiger partial charge in [-0.25, -0.2) is 0 Å². The zero-order valence-electron chi connectivity index (χ0n) is 8.90. The number of carboxylic acids is 1. The molecule has 0 aromatic heterocycles. The summed E-state index contributed by atoms with van der Waals surface area (Å²) in [5.74, 6) is -0.707. The van der Waals surface area contributed by atoms with E-state index in [1.165, 1.54) is 0 Å². The van der Waals surface area contributed by atoms with Crippen molar-refractivity contribution in [2.24, 2.45) is 0 Å². The van der Waals surface area contributed by atoms with E-state index in [1.54, 1.807) is 7.11 Å². The number of nitrogens with zero attached hydrogens (tertiary/aromatic N) is 1. The van der Waals surface area contributed by atoms with Crippen LogP contribution in [0.3, 0.4) is 0 Å². The summed E-state index contributed by atoms with van der Waals surface area (Å²) in [5.41, 5.74) is 0. The van der Waals surface area contributed by atoms with E-state index >= 15 is 0 Å². The minimum atomic E-state index is -0.707. The van der Waals surface area contributed by atoms with Crippen LogP contribution in [0.15, 0.2) is 0 Å². The van der Waals surface area contributed by atoms with Gasteiger partial charge < -0.3 is 14.7 Å². The molecule has 1 N–H and O–H groups in total. The molecule has 1 saturated carbocycles. The predicted octanol–water partition coefficient (Wildman–Crippen LogP) is 0.960. The van der Waals surface area contributed by atoms with Gasteiger partial charge in [-0.1, -0.05) is 0 Å². The molecular weight excluding hydrogens is 182 g/mol. The molecule has 0 radical (unpaired) electrons. The second kappa shape index (κ2) is 5.32. The van der Waals surface area contributed by atoms with Crippen LogP contribution in [0.5, 0.6) is 0 Å². The van der Waals surface area contributed by atoms with Gasteiger partial charge in [-0.05, 0) is 32.9 Å². The maximum Gasteiger partial charge on any atom is 0.303 e. The molecule has 1 rings (SSSR count). The fourth-order valence-electron chi connectivity index (χ4n) is 1.75. The van der Waals surface area contributed by atoms with Gasteiger partial charge in [0.05, 0.1) is 6.10 Å². The second-order valence-corrected chi connectivity index (χ2v) is 3.96. The molecule has 0 unspecified atom stereocenters. The first-order valence-corrected chi connectivity index (χ1v) is 5.08. The summed E-state index contributed by atoms with van der Waals surface area (Å²) < 4.78 is 5.19. The zero-order chi connectivity index (χ0) is 10.6. The number of hydrogen-bond donors (Lipinski definition) is 1. The van der Waals surface area contributed by atoms with Gasteiger partial charge in [0, 0.05) is 19.6 Å². The van der Waals surface area contributed by atoms with Crippen molar-refractivity contribution in [3.05, 3.63) is 0 Å². The molecule has 0 saturated heterocycles. The molecule has 14 heavy (non-hydrogen) atoms. The lowest BCUT2D eigenvalue weighted by molar-refractivity contribution is -0.137. The maximum absolute atomic E-state index is 10.3. The van der Waals surface area contributed by atoms with Crippen LogP contribution in [0, 0.1) is 0 Å². The number of hydrogen-bond acceptors (Lipinski definition) is 3. The average Bonchev–Trinajstić information content (AvgIpc) is 2.01. The highest BCUT2D eigenvalue weighted by molar-refractivity contribution is 5.66. The average molecular weight is 201 g/mol. The van der Waals surface area contributed by atoms with Gasteiger partial charge in [-0.3, -0.25) is 4.79 Å². The highest BCUT2D eigenvalue weighted by Crippen LogP contribution is 2.26. The van der Waals surface area contributed by atoms with Gasteiger partial charge in [0.2, 0.25) is 0 Å². The lowest BCUT2D eigenvalue weighted by atomic mass is 9.88. The summed E-state index contributed by atoms with van der Waals surface area (Å²) in [7, 11) is 3.80. The highest BCUT2D eigenvalue weighted by atomic mass is 16.5. The van der Waals surface area contributed by atoms with Crippen LogP contribution in [0.4, 0.5) is 0 Å². The Bertz CT molecular complexity index is 190. The number of rotatable bonds is 6. The fourth-order valence-corrected chi connectivity index (χ4v) is 1.75. The monoisotopic (exact) mass is 201 g/mol. The molecule has 0 aromatic rings. The summed E-state index contributed by atoms with van der Waals surface area (Å²) >= 11 is 0. The molecule has 0 aliphatic heterocycles. The molecule has 82 valence electrons. The Morgan fingerprint density at radius 3 is 2.71 bits per heavy atom. The summed E-state index contributed by atoms with van der Waals surface area (Å²) in [4.78, 5) is 12.5. The lowest BCUT2D eigenvalue weighted by Crippen LogP contribution is -2.46. The maximum atomic E-state index is 10.3. The van der Waals surface area contributed by atoms with Crippen LogP contribution in [0.1, 0.15) is 25.7 Å². The van der Waals surface area contributed by atoms with E-state index in [0.717, 1.165) is 25.8 Å². The van der Waals surface area contributed by atoms with Crippen molar-refractivity contribution in [2.45, 2.75) is 37.8 Å². The number of carbonyl (C=O) groups is 1. The second-order valence-electron chi connectivity index (χ2n) is 3.96. The third-order valence-electron chi connectivity index (χ3n) is 2.93. The molecule has 1 aliphatic carbocycles. The minimum Gasteiger partial charge on any atom is -0.481 e. The van der Waals surface area contributed by atoms with E-state index in [-0.39, 0.29) is 6.42 Å². The van der Waals surface area contributed by atoms with E-state index in [0.29, 0.717) is 12.1 Å². The molecule has 0 bridgehead atoms. The van der Waals surface area contributed by atoms with Crippen LogP contribution in [-0.4, -0.2) is 48.8 Å². The first-order chi connectivity index (χ1) is 6.63. The molecule has 1 fully saturated rings. The molecule has 0 heterocycles. The molecule has 1 aliphatic rings. The normalized spacial score (nSPS) is 26.2. The van der Waals surface area contributed by atoms with Gasteiger partial charge in [-0.2, -0.15) is 0 Å². The summed E-state index contributed by atoms with van der Waals surface area (Å²) in [6.07, 6.45) is 3.59. The van der Waals surface area contributed by atoms with Crippen molar-refractivity contribution >= 4 is 5.97 Å². The first-order valence-electron chi connectivity index (χ1n) is 5.08. The molecule has 0 amide bonds. The van der Waals surface area contributed by atoms with E-state index in [4.69, 9.17) is 9.84 Å². The third-order valence-corrected chi connectivity index (χ3v) is 2.93. The van der Waals surface area contributed by atoms with Crippen LogP contribution < -0.4 is 0 Å². The third kappa shape index (κ3) is 3.27. The largest absolute Gasteiger partial charge is 0.481 e. The Morgan fingerprint density at radius 1 is 1.57 bits per heavy atom. The molecule has 0 atom stereocenters. The van der Waals surface area contributed by atoms with Crippen LogP contribution in [0.25, 0.3) is 0 Å². The standard InChI is InChI=1S/C10H19NO3/c1-11(5-3-4-10(12)13)8-6-9(7-8)14-2/h8-9H,3-7H2,1-2H3,(H,12,13). The van der Waals surface area contributed by atoms with Crippen molar-refractivity contribution < 1.29 is 14.6 Å². The van der Waals surface area contributed by atoms with Gasteiger partial charge in [0.15, 0.2) is 0 Å². The van der Waals surface area contributed by atoms with Crippen molar-refractivity contribution in [1.29, 1.82) is 0 Å². The topological polar surface area (TPSA) is 49.8 Å². The van der Waals surface area contributed by atoms with Crippen molar-refractivity contribution in [3.8, 4) is 0 Å². The summed E-state index contributed by atoms with van der Waals surface area (Å²) in [5, 5.41) is 8.48. The van der Waals surface area contributed by atoms with Gasteiger partial charge in [0.25, 0.3) is 0 Å². The molecular formula is C10H19NO3. The van der Waals surface area contributed by atoms with E-state index < -0.39 is 5.97 Å². The fraction of sp³-hybridized carbons (Fsp3) is 0.900. The highest BCUT2D eigenvalue weighted by Gasteiger charge is 2.31. The van der Waals surface area contributed by atoms with Crippen molar-refractivity contribution in [1.82, 2.24) is 4.90 Å². The van der Waals surface area contributed by atoms with Crippen LogP contribution in [-0.2, 0) is 9.53 Å². The van der Waals surface area contributed by atoms with Crippen molar-refractivity contribution in [3.63, 3.8) is 0 Å². The Hall–Kier alpha value is -0.610. The Kier molecular flexibility index (Phi) is 4.35. The summed E-state index contributed by atoms with van der Waals surface area (Å²) in [6.45, 7) is 0.868. The van der Waals surface area contributed by atoms with Crippen LogP contribution >= 0.6 is 0 Å². The number of ether oxygens (including phenoxy) is 1. The predicted molar refractivity (Wildman–Crippen MR) is 53.3 cm³/mol. The van der Waals surface area contributed by atoms with E-state index in [2.05, 4.69) is 11.9 Å². The van der Waals surface area contributed by atoms with Crippen molar-refractivity contribution in [2.75, 3.05) is 20.7 Å². The number of carboxylic acid groups (broad SMARTS) is 1. The number of aliphatic carboxylic acids is 1. The van der Waals surface area contributed by atoms with E-state index in [1.807, 2.05) is 0 Å². The quantitative estimate of drug-likeness (QED) is 0.695. The molecule has 4 heteroatoms. The first kappa shape index (κ1) is 11.5. The molecule has 0 aromatic carbocycles. The SMILES string of the molecule is COC1CC(N(C)CCCC(=O)O)C1. The van der Waals surface area contributed by atoms with Gasteiger partial charge in [0.1, 0.15) is 0 Å².